The summed E-state index contributed by atoms with van der Waals surface area (Å²) in [5, 5.41) is 13.0. The van der Waals surface area contributed by atoms with Crippen molar-refractivity contribution < 1.29 is 18.3 Å². The van der Waals surface area contributed by atoms with E-state index in [-0.39, 0.29) is 53.1 Å². The Morgan fingerprint density at radius 1 is 1.20 bits per heavy atom. The lowest BCUT2D eigenvalue weighted by Gasteiger charge is -2.08. The van der Waals surface area contributed by atoms with Gasteiger partial charge in [0.25, 0.3) is 0 Å². The minimum absolute atomic E-state index is 0.0497. The van der Waals surface area contributed by atoms with Crippen LogP contribution >= 0.6 is 34.8 Å². The standard InChI is InChI=1S/C19H14Cl3FN4O3/c20-11-7-12(17(22)13(21)8-11)18-27-15(9-24)19(30-18)26-3-4-28-5-6-29-16-1-2-25-10-14(16)23/h1-2,7-8,10,26H,3-6H2. The molecule has 0 aliphatic rings. The number of benzene rings is 1. The number of hydrogen-bond acceptors (Lipinski definition) is 7. The van der Waals surface area contributed by atoms with Gasteiger partial charge in [0.1, 0.15) is 12.7 Å². The van der Waals surface area contributed by atoms with Crippen LogP contribution in [0.4, 0.5) is 10.3 Å². The van der Waals surface area contributed by atoms with Gasteiger partial charge < -0.3 is 19.2 Å². The molecule has 3 aromatic rings. The third-order valence-corrected chi connectivity index (χ3v) is 4.73. The zero-order valence-electron chi connectivity index (χ0n) is 15.3. The molecule has 7 nitrogen and oxygen atoms in total. The Bertz CT molecular complexity index is 1070. The fourth-order valence-corrected chi connectivity index (χ4v) is 3.05. The molecule has 0 unspecified atom stereocenters. The summed E-state index contributed by atoms with van der Waals surface area (Å²) >= 11 is 18.2. The summed E-state index contributed by atoms with van der Waals surface area (Å²) in [6.45, 7) is 1.03. The van der Waals surface area contributed by atoms with Crippen molar-refractivity contribution in [1.29, 1.82) is 5.26 Å². The van der Waals surface area contributed by atoms with Gasteiger partial charge in [-0.05, 0) is 12.1 Å². The van der Waals surface area contributed by atoms with E-state index in [0.29, 0.717) is 17.1 Å². The van der Waals surface area contributed by atoms with Gasteiger partial charge >= 0.3 is 0 Å². The SMILES string of the molecule is N#Cc1nc(-c2cc(Cl)cc(Cl)c2Cl)oc1NCCOCCOc1ccncc1F. The molecule has 0 atom stereocenters. The molecule has 0 radical (unpaired) electrons. The van der Waals surface area contributed by atoms with Gasteiger partial charge in [0.15, 0.2) is 11.6 Å². The molecule has 0 bridgehead atoms. The van der Waals surface area contributed by atoms with Crippen molar-refractivity contribution in [3.63, 3.8) is 0 Å². The van der Waals surface area contributed by atoms with Crippen LogP contribution in [0.5, 0.6) is 5.75 Å². The summed E-state index contributed by atoms with van der Waals surface area (Å²) in [7, 11) is 0. The second-order valence-electron chi connectivity index (χ2n) is 5.75. The molecule has 0 aliphatic carbocycles. The van der Waals surface area contributed by atoms with E-state index in [1.165, 1.54) is 18.3 Å². The summed E-state index contributed by atoms with van der Waals surface area (Å²) < 4.78 is 29.6. The van der Waals surface area contributed by atoms with Crippen LogP contribution in [-0.2, 0) is 4.74 Å². The van der Waals surface area contributed by atoms with E-state index >= 15 is 0 Å². The minimum atomic E-state index is -0.537. The topological polar surface area (TPSA) is 93.2 Å². The number of aromatic nitrogens is 2. The number of pyridine rings is 1. The molecule has 3 rings (SSSR count). The number of hydrogen-bond donors (Lipinski definition) is 1. The smallest absolute Gasteiger partial charge is 0.232 e. The van der Waals surface area contributed by atoms with Gasteiger partial charge in [0, 0.05) is 23.8 Å². The maximum Gasteiger partial charge on any atom is 0.232 e. The summed E-state index contributed by atoms with van der Waals surface area (Å²) in [6.07, 6.45) is 2.51. The highest BCUT2D eigenvalue weighted by atomic mass is 35.5. The number of rotatable bonds is 9. The van der Waals surface area contributed by atoms with Crippen LogP contribution in [0.25, 0.3) is 11.5 Å². The lowest BCUT2D eigenvalue weighted by molar-refractivity contribution is 0.106. The van der Waals surface area contributed by atoms with Crippen molar-refractivity contribution in [3.05, 3.63) is 57.2 Å². The van der Waals surface area contributed by atoms with E-state index in [9.17, 15) is 9.65 Å². The fourth-order valence-electron chi connectivity index (χ4n) is 2.37. The Morgan fingerprint density at radius 3 is 2.80 bits per heavy atom. The van der Waals surface area contributed by atoms with Crippen LogP contribution in [0.1, 0.15) is 5.69 Å². The maximum atomic E-state index is 13.4. The number of halogens is 4. The lowest BCUT2D eigenvalue weighted by atomic mass is 10.2. The van der Waals surface area contributed by atoms with Crippen LogP contribution in [0, 0.1) is 17.1 Å². The van der Waals surface area contributed by atoms with Crippen LogP contribution in [-0.4, -0.2) is 36.3 Å². The highest BCUT2D eigenvalue weighted by Crippen LogP contribution is 2.37. The van der Waals surface area contributed by atoms with Crippen LogP contribution in [0.3, 0.4) is 0 Å². The lowest BCUT2D eigenvalue weighted by Crippen LogP contribution is -2.14. The Labute approximate surface area is 186 Å². The molecule has 0 aliphatic heterocycles. The van der Waals surface area contributed by atoms with Crippen molar-refractivity contribution in [2.45, 2.75) is 0 Å². The normalized spacial score (nSPS) is 10.6. The van der Waals surface area contributed by atoms with Gasteiger partial charge in [-0.15, -0.1) is 0 Å². The van der Waals surface area contributed by atoms with E-state index in [1.807, 2.05) is 6.07 Å². The summed E-state index contributed by atoms with van der Waals surface area (Å²) in [5.74, 6) is -0.153. The van der Waals surface area contributed by atoms with Gasteiger partial charge in [-0.25, -0.2) is 4.39 Å². The molecule has 0 spiro atoms. The van der Waals surface area contributed by atoms with Gasteiger partial charge in [0.05, 0.1) is 35.0 Å². The first-order chi connectivity index (χ1) is 14.5. The third kappa shape index (κ3) is 5.52. The number of anilines is 1. The van der Waals surface area contributed by atoms with Crippen molar-refractivity contribution in [3.8, 4) is 23.3 Å². The average Bonchev–Trinajstić information content (AvgIpc) is 3.14. The highest BCUT2D eigenvalue weighted by Gasteiger charge is 2.18. The van der Waals surface area contributed by atoms with Crippen LogP contribution in [0.2, 0.25) is 15.1 Å². The minimum Gasteiger partial charge on any atom is -0.488 e. The van der Waals surface area contributed by atoms with Crippen molar-refractivity contribution in [2.24, 2.45) is 0 Å². The van der Waals surface area contributed by atoms with E-state index in [1.54, 1.807) is 6.07 Å². The molecule has 2 heterocycles. The zero-order valence-corrected chi connectivity index (χ0v) is 17.6. The van der Waals surface area contributed by atoms with Gasteiger partial charge in [-0.2, -0.15) is 10.2 Å². The number of nitrogens with one attached hydrogen (secondary N) is 1. The first kappa shape index (κ1) is 22.1. The predicted octanol–water partition coefficient (Wildman–Crippen LogP) is 5.22. The van der Waals surface area contributed by atoms with Crippen molar-refractivity contribution >= 4 is 40.7 Å². The molecular formula is C19H14Cl3FN4O3. The van der Waals surface area contributed by atoms with Crippen LogP contribution in [0.15, 0.2) is 35.0 Å². The predicted molar refractivity (Wildman–Crippen MR) is 111 cm³/mol. The molecule has 156 valence electrons. The molecule has 0 saturated carbocycles. The second-order valence-corrected chi connectivity index (χ2v) is 6.97. The molecule has 2 aromatic heterocycles. The van der Waals surface area contributed by atoms with Gasteiger partial charge in [-0.1, -0.05) is 34.8 Å². The molecule has 1 N–H and O–H groups in total. The zero-order chi connectivity index (χ0) is 21.5. The Morgan fingerprint density at radius 2 is 2.03 bits per heavy atom. The Hall–Kier alpha value is -2.57. The molecule has 1 aromatic carbocycles. The molecule has 11 heteroatoms. The molecule has 30 heavy (non-hydrogen) atoms. The van der Waals surface area contributed by atoms with Crippen LogP contribution < -0.4 is 10.1 Å². The van der Waals surface area contributed by atoms with Gasteiger partial charge in [-0.3, -0.25) is 4.98 Å². The monoisotopic (exact) mass is 470 g/mol. The average molecular weight is 472 g/mol. The number of nitriles is 1. The summed E-state index contributed by atoms with van der Waals surface area (Å²) in [6, 6.07) is 6.41. The molecule has 0 amide bonds. The van der Waals surface area contributed by atoms with E-state index < -0.39 is 5.82 Å². The number of ether oxygens (including phenoxy) is 2. The maximum absolute atomic E-state index is 13.4. The second kappa shape index (κ2) is 10.5. The van der Waals surface area contributed by atoms with Crippen molar-refractivity contribution in [1.82, 2.24) is 9.97 Å². The fraction of sp³-hybridized carbons (Fsp3) is 0.211. The summed E-state index contributed by atoms with van der Waals surface area (Å²) in [4.78, 5) is 7.76. The molecular weight excluding hydrogens is 458 g/mol. The largest absolute Gasteiger partial charge is 0.488 e. The Kier molecular flexibility index (Phi) is 7.71. The first-order valence-electron chi connectivity index (χ1n) is 8.59. The molecule has 0 saturated heterocycles. The van der Waals surface area contributed by atoms with Gasteiger partial charge in [0.2, 0.25) is 17.5 Å². The van der Waals surface area contributed by atoms with Crippen molar-refractivity contribution in [2.75, 3.05) is 31.7 Å². The van der Waals surface area contributed by atoms with E-state index in [4.69, 9.17) is 48.7 Å². The number of oxazole rings is 1. The molecule has 0 fully saturated rings. The Balaban J connectivity index is 1.50. The quantitative estimate of drug-likeness (QED) is 0.338. The number of nitrogens with zero attached hydrogens (tertiary/aromatic N) is 3. The highest BCUT2D eigenvalue weighted by molar-refractivity contribution is 6.44. The van der Waals surface area contributed by atoms with E-state index in [0.717, 1.165) is 6.20 Å². The van der Waals surface area contributed by atoms with E-state index in [2.05, 4.69) is 15.3 Å². The summed E-state index contributed by atoms with van der Waals surface area (Å²) in [5.41, 5.74) is 0.420. The third-order valence-electron chi connectivity index (χ3n) is 3.71. The first-order valence-corrected chi connectivity index (χ1v) is 9.72.